The van der Waals surface area contributed by atoms with Crippen LogP contribution < -0.4 is 0 Å². The summed E-state index contributed by atoms with van der Waals surface area (Å²) in [6.07, 6.45) is 95.8. The minimum absolute atomic E-state index is 0.113. The Morgan fingerprint density at radius 1 is 0.263 bits per heavy atom. The quantitative estimate of drug-likeness (QED) is 0.0261. The third kappa shape index (κ3) is 64.1. The molecule has 0 aliphatic rings. The van der Waals surface area contributed by atoms with Crippen molar-refractivity contribution in [2.24, 2.45) is 0 Å². The predicted molar refractivity (Wildman–Crippen MR) is 348 cm³/mol. The fourth-order valence-electron chi connectivity index (χ4n) is 8.77. The molecule has 452 valence electrons. The zero-order chi connectivity index (χ0) is 57.8. The van der Waals surface area contributed by atoms with Gasteiger partial charge in [-0.1, -0.05) is 301 Å². The molecule has 0 rings (SSSR count). The molecular weight excluding hydrogens is 985 g/mol. The van der Waals surface area contributed by atoms with Crippen molar-refractivity contribution in [1.29, 1.82) is 0 Å². The molecule has 0 aliphatic heterocycles. The molecule has 1 unspecified atom stereocenters. The van der Waals surface area contributed by atoms with E-state index >= 15 is 0 Å². The number of rotatable bonds is 58. The molecule has 0 spiro atoms. The van der Waals surface area contributed by atoms with E-state index in [0.717, 1.165) is 122 Å². The van der Waals surface area contributed by atoms with Crippen molar-refractivity contribution in [2.45, 2.75) is 290 Å². The minimum atomic E-state index is -0.828. The van der Waals surface area contributed by atoms with Gasteiger partial charge in [-0.2, -0.15) is 0 Å². The summed E-state index contributed by atoms with van der Waals surface area (Å²) in [6.45, 7) is 6.36. The Balaban J connectivity index is 4.47. The van der Waals surface area contributed by atoms with Crippen LogP contribution in [0.5, 0.6) is 0 Å². The van der Waals surface area contributed by atoms with E-state index in [0.29, 0.717) is 19.3 Å². The fraction of sp³-hybridized carbons (Fsp3) is 0.635. The Morgan fingerprint density at radius 2 is 0.512 bits per heavy atom. The van der Waals surface area contributed by atoms with Crippen LogP contribution in [0.2, 0.25) is 0 Å². The molecule has 0 N–H and O–H groups in total. The summed E-state index contributed by atoms with van der Waals surface area (Å²) in [5, 5.41) is 0. The van der Waals surface area contributed by atoms with Crippen LogP contribution in [-0.4, -0.2) is 37.2 Å². The van der Waals surface area contributed by atoms with Gasteiger partial charge in [-0.25, -0.2) is 0 Å². The number of unbranched alkanes of at least 4 members (excludes halogenated alkanes) is 23. The summed E-state index contributed by atoms with van der Waals surface area (Å²) in [5.41, 5.74) is 0. The molecule has 0 aromatic heterocycles. The SMILES string of the molecule is CC/C=C\C/C=C\C/C=C\C/C=C\C/C=C\C/C=C\CCCCCCCCCCC(=O)OCC(COC(=O)CCCCCCCCCCCCCCCCCC)OC(=O)CC/C=C\C/C=C\C/C=C\C/C=C\C/C=C\C/C=C\CC. The lowest BCUT2D eigenvalue weighted by Gasteiger charge is -2.18. The van der Waals surface area contributed by atoms with Gasteiger partial charge in [0, 0.05) is 19.3 Å². The molecule has 0 heterocycles. The number of carbonyl (C=O) groups excluding carboxylic acids is 3. The summed E-state index contributed by atoms with van der Waals surface area (Å²) < 4.78 is 16.9. The van der Waals surface area contributed by atoms with Gasteiger partial charge in [0.2, 0.25) is 0 Å². The highest BCUT2D eigenvalue weighted by molar-refractivity contribution is 5.71. The molecule has 0 aliphatic carbocycles. The van der Waals surface area contributed by atoms with Gasteiger partial charge in [0.25, 0.3) is 0 Å². The van der Waals surface area contributed by atoms with Crippen LogP contribution in [0, 0.1) is 0 Å². The van der Waals surface area contributed by atoms with Gasteiger partial charge in [-0.05, 0) is 109 Å². The van der Waals surface area contributed by atoms with Crippen molar-refractivity contribution in [2.75, 3.05) is 13.2 Å². The van der Waals surface area contributed by atoms with Gasteiger partial charge in [-0.15, -0.1) is 0 Å². The summed E-state index contributed by atoms with van der Waals surface area (Å²) in [6, 6.07) is 0. The van der Waals surface area contributed by atoms with Crippen molar-refractivity contribution in [1.82, 2.24) is 0 Å². The monoisotopic (exact) mass is 1100 g/mol. The average molecular weight is 1110 g/mol. The highest BCUT2D eigenvalue weighted by Gasteiger charge is 2.19. The molecule has 0 radical (unpaired) electrons. The van der Waals surface area contributed by atoms with Crippen LogP contribution in [0.25, 0.3) is 0 Å². The van der Waals surface area contributed by atoms with Crippen LogP contribution in [0.1, 0.15) is 284 Å². The first-order chi connectivity index (χ1) is 39.5. The van der Waals surface area contributed by atoms with E-state index < -0.39 is 12.1 Å². The normalized spacial score (nSPS) is 13.1. The predicted octanol–water partition coefficient (Wildman–Crippen LogP) is 22.7. The molecule has 6 heteroatoms. The van der Waals surface area contributed by atoms with E-state index in [9.17, 15) is 14.4 Å². The lowest BCUT2D eigenvalue weighted by atomic mass is 10.0. The van der Waals surface area contributed by atoms with Gasteiger partial charge in [0.05, 0.1) is 0 Å². The summed E-state index contributed by atoms with van der Waals surface area (Å²) in [4.78, 5) is 38.3. The molecule has 0 aromatic rings. The largest absolute Gasteiger partial charge is 0.462 e. The number of allylic oxidation sites excluding steroid dienone is 24. The first-order valence-electron chi connectivity index (χ1n) is 32.8. The molecule has 0 aromatic carbocycles. The molecular formula is C74H120O6. The second-order valence-electron chi connectivity index (χ2n) is 21.3. The van der Waals surface area contributed by atoms with E-state index in [4.69, 9.17) is 14.2 Å². The Hall–Kier alpha value is -4.71. The Morgan fingerprint density at radius 3 is 0.812 bits per heavy atom. The first kappa shape index (κ1) is 75.3. The Labute approximate surface area is 493 Å². The molecule has 0 saturated carbocycles. The third-order valence-electron chi connectivity index (χ3n) is 13.6. The smallest absolute Gasteiger partial charge is 0.306 e. The Bertz CT molecular complexity index is 1750. The number of ether oxygens (including phenoxy) is 3. The molecule has 1 atom stereocenters. The maximum Gasteiger partial charge on any atom is 0.306 e. The van der Waals surface area contributed by atoms with Crippen molar-refractivity contribution in [3.8, 4) is 0 Å². The zero-order valence-electron chi connectivity index (χ0n) is 51.8. The van der Waals surface area contributed by atoms with Crippen LogP contribution in [0.4, 0.5) is 0 Å². The molecule has 0 amide bonds. The third-order valence-corrected chi connectivity index (χ3v) is 13.6. The van der Waals surface area contributed by atoms with E-state index in [1.54, 1.807) is 0 Å². The topological polar surface area (TPSA) is 78.9 Å². The molecule has 0 fully saturated rings. The van der Waals surface area contributed by atoms with Crippen molar-refractivity contribution < 1.29 is 28.6 Å². The van der Waals surface area contributed by atoms with Crippen LogP contribution >= 0.6 is 0 Å². The lowest BCUT2D eigenvalue weighted by Crippen LogP contribution is -2.30. The van der Waals surface area contributed by atoms with Crippen LogP contribution in [-0.2, 0) is 28.6 Å². The van der Waals surface area contributed by atoms with Crippen LogP contribution in [0.15, 0.2) is 146 Å². The van der Waals surface area contributed by atoms with Crippen molar-refractivity contribution in [3.63, 3.8) is 0 Å². The minimum Gasteiger partial charge on any atom is -0.462 e. The lowest BCUT2D eigenvalue weighted by molar-refractivity contribution is -0.166. The molecule has 0 bridgehead atoms. The van der Waals surface area contributed by atoms with Gasteiger partial charge in [-0.3, -0.25) is 14.4 Å². The molecule has 6 nitrogen and oxygen atoms in total. The Kier molecular flexibility index (Phi) is 62.9. The second-order valence-corrected chi connectivity index (χ2v) is 21.3. The first-order valence-corrected chi connectivity index (χ1v) is 32.8. The van der Waals surface area contributed by atoms with Crippen molar-refractivity contribution in [3.05, 3.63) is 146 Å². The molecule has 80 heavy (non-hydrogen) atoms. The second kappa shape index (κ2) is 66.8. The maximum absolute atomic E-state index is 12.9. The fourth-order valence-corrected chi connectivity index (χ4v) is 8.77. The zero-order valence-corrected chi connectivity index (χ0v) is 51.8. The van der Waals surface area contributed by atoms with Gasteiger partial charge >= 0.3 is 17.9 Å². The van der Waals surface area contributed by atoms with Gasteiger partial charge in [0.15, 0.2) is 6.10 Å². The van der Waals surface area contributed by atoms with E-state index in [1.807, 2.05) is 6.08 Å². The van der Waals surface area contributed by atoms with Gasteiger partial charge < -0.3 is 14.2 Å². The number of hydrogen-bond acceptors (Lipinski definition) is 6. The summed E-state index contributed by atoms with van der Waals surface area (Å²) >= 11 is 0. The summed E-state index contributed by atoms with van der Waals surface area (Å²) in [5.74, 6) is -1.00. The van der Waals surface area contributed by atoms with E-state index in [2.05, 4.69) is 161 Å². The van der Waals surface area contributed by atoms with Crippen LogP contribution in [0.3, 0.4) is 0 Å². The maximum atomic E-state index is 12.9. The highest BCUT2D eigenvalue weighted by atomic mass is 16.6. The standard InChI is InChI=1S/C74H120O6/c1-4-7-10-13-16-19-22-25-28-31-33-34-35-36-37-38-39-40-42-43-46-49-52-55-58-61-64-67-73(76)79-70-71(69-78-72(75)66-63-60-57-54-51-48-45-30-27-24-21-18-15-12-9-6-3)80-74(77)68-65-62-59-56-53-50-47-44-41-32-29-26-23-20-17-14-11-8-5-2/h7-8,10-11,16-17,19-20,25-26,28-29,33-34,36-37,39-41,44,50,53,59,62,71H,4-6,9,12-15,18,21-24,27,30-32,35,38,42-43,45-49,51-52,54-58,60-61,63-70H2,1-3H3/b10-7-,11-8-,19-16-,20-17-,28-25-,29-26-,34-33-,37-36-,40-39-,44-41-,53-50-,62-59-. The average Bonchev–Trinajstić information content (AvgIpc) is 3.46. The number of esters is 3. The van der Waals surface area contributed by atoms with E-state index in [-0.39, 0.29) is 31.6 Å². The number of carbonyl (C=O) groups is 3. The van der Waals surface area contributed by atoms with E-state index in [1.165, 1.54) is 116 Å². The molecule has 0 saturated heterocycles. The highest BCUT2D eigenvalue weighted by Crippen LogP contribution is 2.16. The van der Waals surface area contributed by atoms with Gasteiger partial charge in [0.1, 0.15) is 13.2 Å². The summed E-state index contributed by atoms with van der Waals surface area (Å²) in [7, 11) is 0. The van der Waals surface area contributed by atoms with Crippen molar-refractivity contribution >= 4 is 17.9 Å². The number of hydrogen-bond donors (Lipinski definition) is 0.